The smallest absolute Gasteiger partial charge is 0.246 e. The Kier molecular flexibility index (Phi) is 2.98. The molecule has 0 aliphatic rings. The highest BCUT2D eigenvalue weighted by Crippen LogP contribution is 2.16. The van der Waals surface area contributed by atoms with Crippen molar-refractivity contribution in [2.75, 3.05) is 5.32 Å². The first-order chi connectivity index (χ1) is 9.61. The highest BCUT2D eigenvalue weighted by Gasteiger charge is 2.08. The van der Waals surface area contributed by atoms with Gasteiger partial charge < -0.3 is 5.32 Å². The van der Waals surface area contributed by atoms with Gasteiger partial charge in [0.25, 0.3) is 0 Å². The fraction of sp³-hybridized carbons (Fsp3) is 0.214. The van der Waals surface area contributed by atoms with E-state index in [1.54, 1.807) is 10.9 Å². The molecule has 102 valence electrons. The third-order valence-corrected chi connectivity index (χ3v) is 3.12. The number of H-pyrrole nitrogens is 1. The molecule has 3 rings (SSSR count). The Balaban J connectivity index is 1.73. The summed E-state index contributed by atoms with van der Waals surface area (Å²) in [7, 11) is 0. The molecule has 0 atom stereocenters. The molecule has 0 bridgehead atoms. The van der Waals surface area contributed by atoms with Crippen molar-refractivity contribution >= 4 is 22.5 Å². The van der Waals surface area contributed by atoms with Crippen molar-refractivity contribution in [3.05, 3.63) is 41.9 Å². The third-order valence-electron chi connectivity index (χ3n) is 3.12. The number of benzene rings is 1. The first-order valence-electron chi connectivity index (χ1n) is 6.36. The molecule has 6 nitrogen and oxygen atoms in total. The van der Waals surface area contributed by atoms with Crippen molar-refractivity contribution in [1.29, 1.82) is 0 Å². The second kappa shape index (κ2) is 4.80. The fourth-order valence-electron chi connectivity index (χ4n) is 2.19. The number of aromatic amines is 1. The molecule has 0 spiro atoms. The van der Waals surface area contributed by atoms with Crippen molar-refractivity contribution in [2.24, 2.45) is 0 Å². The second-order valence-corrected chi connectivity index (χ2v) is 4.80. The lowest BCUT2D eigenvalue weighted by Gasteiger charge is -2.06. The summed E-state index contributed by atoms with van der Waals surface area (Å²) < 4.78 is 1.69. The Bertz CT molecular complexity index is 771. The largest absolute Gasteiger partial charge is 0.324 e. The monoisotopic (exact) mass is 269 g/mol. The molecule has 20 heavy (non-hydrogen) atoms. The molecule has 0 aliphatic heterocycles. The minimum absolute atomic E-state index is 0.102. The first-order valence-corrected chi connectivity index (χ1v) is 6.36. The molecule has 1 amide bonds. The van der Waals surface area contributed by atoms with Crippen LogP contribution in [0.2, 0.25) is 0 Å². The quantitative estimate of drug-likeness (QED) is 0.763. The van der Waals surface area contributed by atoms with Gasteiger partial charge in [0.05, 0.1) is 17.4 Å². The maximum atomic E-state index is 12.0. The number of aryl methyl sites for hydroxylation is 2. The number of hydrogen-bond donors (Lipinski definition) is 2. The highest BCUT2D eigenvalue weighted by atomic mass is 16.2. The Labute approximate surface area is 115 Å². The Morgan fingerprint density at radius 1 is 1.35 bits per heavy atom. The topological polar surface area (TPSA) is 75.6 Å². The van der Waals surface area contributed by atoms with E-state index in [-0.39, 0.29) is 12.5 Å². The van der Waals surface area contributed by atoms with Crippen LogP contribution >= 0.6 is 0 Å². The highest BCUT2D eigenvalue weighted by molar-refractivity contribution is 5.93. The van der Waals surface area contributed by atoms with E-state index in [2.05, 4.69) is 20.6 Å². The van der Waals surface area contributed by atoms with Crippen LogP contribution in [0.25, 0.3) is 10.9 Å². The number of rotatable bonds is 3. The molecule has 2 N–H and O–H groups in total. The molecule has 0 fully saturated rings. The van der Waals surface area contributed by atoms with Gasteiger partial charge in [0, 0.05) is 16.8 Å². The van der Waals surface area contributed by atoms with Crippen molar-refractivity contribution in [2.45, 2.75) is 20.4 Å². The molecule has 6 heteroatoms. The van der Waals surface area contributed by atoms with Crippen molar-refractivity contribution in [1.82, 2.24) is 20.0 Å². The molecule has 0 unspecified atom stereocenters. The molecule has 0 radical (unpaired) electrons. The lowest BCUT2D eigenvalue weighted by molar-refractivity contribution is -0.116. The van der Waals surface area contributed by atoms with E-state index in [0.717, 1.165) is 28.0 Å². The Morgan fingerprint density at radius 2 is 2.20 bits per heavy atom. The van der Waals surface area contributed by atoms with E-state index in [0.29, 0.717) is 0 Å². The van der Waals surface area contributed by atoms with Crippen LogP contribution in [0.15, 0.2) is 30.5 Å². The number of fused-ring (bicyclic) bond motifs is 1. The average Bonchev–Trinajstić information content (AvgIpc) is 2.96. The Morgan fingerprint density at radius 3 is 2.95 bits per heavy atom. The number of aromatic nitrogens is 4. The van der Waals surface area contributed by atoms with Crippen LogP contribution in [0, 0.1) is 13.8 Å². The summed E-state index contributed by atoms with van der Waals surface area (Å²) in [5, 5.41) is 15.0. The SMILES string of the molecule is Cc1cc(C)n(CC(=O)Nc2ccc3cn[nH]c3c2)n1. The van der Waals surface area contributed by atoms with E-state index in [1.165, 1.54) is 0 Å². The van der Waals surface area contributed by atoms with Gasteiger partial charge in [-0.2, -0.15) is 10.2 Å². The minimum Gasteiger partial charge on any atom is -0.324 e. The summed E-state index contributed by atoms with van der Waals surface area (Å²) in [5.41, 5.74) is 3.53. The van der Waals surface area contributed by atoms with Crippen molar-refractivity contribution in [3.63, 3.8) is 0 Å². The van der Waals surface area contributed by atoms with Crippen LogP contribution in [0.5, 0.6) is 0 Å². The van der Waals surface area contributed by atoms with Gasteiger partial charge >= 0.3 is 0 Å². The van der Waals surface area contributed by atoms with Gasteiger partial charge in [-0.25, -0.2) is 0 Å². The van der Waals surface area contributed by atoms with Crippen LogP contribution in [0.1, 0.15) is 11.4 Å². The van der Waals surface area contributed by atoms with Gasteiger partial charge in [0.1, 0.15) is 6.54 Å². The zero-order valence-corrected chi connectivity index (χ0v) is 11.3. The van der Waals surface area contributed by atoms with Gasteiger partial charge in [0.15, 0.2) is 0 Å². The van der Waals surface area contributed by atoms with E-state index in [1.807, 2.05) is 38.1 Å². The molecule has 2 aromatic heterocycles. The molecule has 2 heterocycles. The number of amides is 1. The predicted molar refractivity (Wildman–Crippen MR) is 76.4 cm³/mol. The van der Waals surface area contributed by atoms with Crippen LogP contribution in [0.3, 0.4) is 0 Å². The van der Waals surface area contributed by atoms with E-state index in [4.69, 9.17) is 0 Å². The maximum absolute atomic E-state index is 12.0. The number of carbonyl (C=O) groups is 1. The molecule has 0 saturated heterocycles. The molecule has 3 aromatic rings. The summed E-state index contributed by atoms with van der Waals surface area (Å²) in [6.45, 7) is 4.05. The summed E-state index contributed by atoms with van der Waals surface area (Å²) in [4.78, 5) is 12.0. The van der Waals surface area contributed by atoms with Crippen LogP contribution < -0.4 is 5.32 Å². The standard InChI is InChI=1S/C14H15N5O/c1-9-5-10(2)19(18-9)8-14(20)16-12-4-3-11-7-15-17-13(11)6-12/h3-7H,8H2,1-2H3,(H,15,17)(H,16,20). The van der Waals surface area contributed by atoms with Gasteiger partial charge in [-0.3, -0.25) is 14.6 Å². The minimum atomic E-state index is -0.102. The third kappa shape index (κ3) is 2.40. The Hall–Kier alpha value is -2.63. The van der Waals surface area contributed by atoms with Gasteiger partial charge in [-0.1, -0.05) is 0 Å². The summed E-state index contributed by atoms with van der Waals surface area (Å²) >= 11 is 0. The molecular weight excluding hydrogens is 254 g/mol. The number of anilines is 1. The fourth-order valence-corrected chi connectivity index (χ4v) is 2.19. The second-order valence-electron chi connectivity index (χ2n) is 4.80. The van der Waals surface area contributed by atoms with Crippen LogP contribution in [0.4, 0.5) is 5.69 Å². The van der Waals surface area contributed by atoms with Gasteiger partial charge in [0.2, 0.25) is 5.91 Å². The van der Waals surface area contributed by atoms with E-state index >= 15 is 0 Å². The zero-order chi connectivity index (χ0) is 14.1. The number of hydrogen-bond acceptors (Lipinski definition) is 3. The summed E-state index contributed by atoms with van der Waals surface area (Å²) in [6.07, 6.45) is 1.75. The van der Waals surface area contributed by atoms with Crippen molar-refractivity contribution < 1.29 is 4.79 Å². The molecule has 1 aromatic carbocycles. The first kappa shape index (κ1) is 12.4. The number of nitrogens with one attached hydrogen (secondary N) is 2. The molecule has 0 saturated carbocycles. The lowest BCUT2D eigenvalue weighted by atomic mass is 10.2. The maximum Gasteiger partial charge on any atom is 0.246 e. The molecular formula is C14H15N5O. The predicted octanol–water partition coefficient (Wildman–Crippen LogP) is 2.01. The van der Waals surface area contributed by atoms with Crippen molar-refractivity contribution in [3.8, 4) is 0 Å². The van der Waals surface area contributed by atoms with Crippen LogP contribution in [-0.2, 0) is 11.3 Å². The zero-order valence-electron chi connectivity index (χ0n) is 11.3. The van der Waals surface area contributed by atoms with E-state index < -0.39 is 0 Å². The normalized spacial score (nSPS) is 10.9. The number of carbonyl (C=O) groups excluding carboxylic acids is 1. The lowest BCUT2D eigenvalue weighted by Crippen LogP contribution is -2.20. The average molecular weight is 269 g/mol. The van der Waals surface area contributed by atoms with Crippen LogP contribution in [-0.4, -0.2) is 25.9 Å². The summed E-state index contributed by atoms with van der Waals surface area (Å²) in [6, 6.07) is 7.58. The number of nitrogens with zero attached hydrogens (tertiary/aromatic N) is 3. The molecule has 0 aliphatic carbocycles. The van der Waals surface area contributed by atoms with E-state index in [9.17, 15) is 4.79 Å². The summed E-state index contributed by atoms with van der Waals surface area (Å²) in [5.74, 6) is -0.102. The van der Waals surface area contributed by atoms with Gasteiger partial charge in [-0.05, 0) is 38.1 Å². The van der Waals surface area contributed by atoms with Gasteiger partial charge in [-0.15, -0.1) is 0 Å².